The first-order chi connectivity index (χ1) is 28.3. The van der Waals surface area contributed by atoms with Crippen molar-refractivity contribution in [2.75, 3.05) is 0 Å². The number of hydrogen-bond donors (Lipinski definition) is 0. The normalized spacial score (nSPS) is 11.5. The lowest BCUT2D eigenvalue weighted by atomic mass is 9.97. The Morgan fingerprint density at radius 2 is 0.754 bits per heavy atom. The molecule has 3 heterocycles. The van der Waals surface area contributed by atoms with Crippen molar-refractivity contribution in [3.05, 3.63) is 200 Å². The molecule has 11 rings (SSSR count). The SMILES string of the molecule is c1ccc(-c2ccc(-c3nc(-c4ccccc4)nc(-c4ccc(-c5nc6ccccc6c6c5ccc5c7ccccc7n(-c7ccccc7)c56)cc4)n3)cc2)cc1. The van der Waals surface area contributed by atoms with Crippen molar-refractivity contribution in [1.29, 1.82) is 0 Å². The van der Waals surface area contributed by atoms with Gasteiger partial charge in [-0.1, -0.05) is 176 Å². The first-order valence-corrected chi connectivity index (χ1v) is 19.1. The molecule has 0 aliphatic carbocycles. The molecule has 0 atom stereocenters. The molecule has 0 aliphatic rings. The molecule has 0 bridgehead atoms. The molecule has 0 amide bonds. The maximum Gasteiger partial charge on any atom is 0.164 e. The summed E-state index contributed by atoms with van der Waals surface area (Å²) in [6.07, 6.45) is 0. The average Bonchev–Trinajstić information content (AvgIpc) is 3.64. The molecule has 5 nitrogen and oxygen atoms in total. The third-order valence-corrected chi connectivity index (χ3v) is 10.8. The number of nitrogens with zero attached hydrogens (tertiary/aromatic N) is 5. The van der Waals surface area contributed by atoms with Gasteiger partial charge in [-0.25, -0.2) is 19.9 Å². The van der Waals surface area contributed by atoms with Crippen molar-refractivity contribution >= 4 is 43.5 Å². The molecule has 11 aromatic rings. The largest absolute Gasteiger partial charge is 0.309 e. The Morgan fingerprint density at radius 1 is 0.298 bits per heavy atom. The second-order valence-corrected chi connectivity index (χ2v) is 14.2. The summed E-state index contributed by atoms with van der Waals surface area (Å²) in [5.41, 5.74) is 11.5. The molecule has 8 aromatic carbocycles. The molecule has 0 saturated heterocycles. The number of aromatic nitrogens is 5. The molecule has 3 aromatic heterocycles. The Balaban J connectivity index is 1.07. The van der Waals surface area contributed by atoms with Crippen LogP contribution in [-0.4, -0.2) is 24.5 Å². The molecule has 5 heteroatoms. The van der Waals surface area contributed by atoms with Crippen LogP contribution in [0.1, 0.15) is 0 Å². The highest BCUT2D eigenvalue weighted by atomic mass is 15.0. The summed E-state index contributed by atoms with van der Waals surface area (Å²) in [4.78, 5) is 20.3. The minimum absolute atomic E-state index is 0.614. The van der Waals surface area contributed by atoms with Crippen molar-refractivity contribution in [3.63, 3.8) is 0 Å². The van der Waals surface area contributed by atoms with Crippen LogP contribution in [0.5, 0.6) is 0 Å². The van der Waals surface area contributed by atoms with E-state index < -0.39 is 0 Å². The quantitative estimate of drug-likeness (QED) is 0.160. The van der Waals surface area contributed by atoms with Crippen LogP contribution in [0.25, 0.3) is 106 Å². The Kier molecular flexibility index (Phi) is 7.74. The number of benzene rings is 8. The first-order valence-electron chi connectivity index (χ1n) is 19.1. The molecule has 57 heavy (non-hydrogen) atoms. The first kappa shape index (κ1) is 32.7. The maximum absolute atomic E-state index is 5.33. The summed E-state index contributed by atoms with van der Waals surface area (Å²) in [6, 6.07) is 69.7. The summed E-state index contributed by atoms with van der Waals surface area (Å²) >= 11 is 0. The molecule has 0 unspecified atom stereocenters. The van der Waals surface area contributed by atoms with E-state index in [1.165, 1.54) is 32.8 Å². The van der Waals surface area contributed by atoms with E-state index in [0.717, 1.165) is 55.5 Å². The van der Waals surface area contributed by atoms with E-state index in [2.05, 4.69) is 168 Å². The van der Waals surface area contributed by atoms with E-state index in [9.17, 15) is 0 Å². The van der Waals surface area contributed by atoms with Crippen LogP contribution in [0.3, 0.4) is 0 Å². The van der Waals surface area contributed by atoms with Crippen LogP contribution in [0, 0.1) is 0 Å². The third-order valence-electron chi connectivity index (χ3n) is 10.8. The molecular formula is C52H33N5. The van der Waals surface area contributed by atoms with Crippen molar-refractivity contribution in [2.24, 2.45) is 0 Å². The van der Waals surface area contributed by atoms with E-state index >= 15 is 0 Å². The number of hydrogen-bond acceptors (Lipinski definition) is 4. The monoisotopic (exact) mass is 727 g/mol. The van der Waals surface area contributed by atoms with Crippen molar-refractivity contribution in [1.82, 2.24) is 24.5 Å². The Bertz CT molecular complexity index is 3250. The summed E-state index contributed by atoms with van der Waals surface area (Å²) in [5, 5.41) is 5.85. The van der Waals surface area contributed by atoms with Crippen molar-refractivity contribution in [2.45, 2.75) is 0 Å². The molecule has 266 valence electrons. The topological polar surface area (TPSA) is 56.5 Å². The standard InChI is InChI=1S/C52H33N5/c1-4-14-34(15-5-1)35-24-28-38(29-25-35)51-54-50(37-16-6-2-7-17-37)55-52(56-51)39-30-26-36(27-31-39)48-44-33-32-42-41-20-11-13-23-46(41)57(40-18-8-3-9-19-40)49(42)47(44)43-21-10-12-22-45(43)53-48/h1-33H. The zero-order chi connectivity index (χ0) is 37.7. The molecule has 0 aliphatic heterocycles. The molecule has 0 saturated carbocycles. The summed E-state index contributed by atoms with van der Waals surface area (Å²) in [7, 11) is 0. The van der Waals surface area contributed by atoms with Gasteiger partial charge in [0.1, 0.15) is 0 Å². The van der Waals surface area contributed by atoms with Gasteiger partial charge in [0.2, 0.25) is 0 Å². The third kappa shape index (κ3) is 5.64. The number of para-hydroxylation sites is 3. The predicted octanol–water partition coefficient (Wildman–Crippen LogP) is 13.0. The van der Waals surface area contributed by atoms with Gasteiger partial charge in [-0.15, -0.1) is 0 Å². The predicted molar refractivity (Wildman–Crippen MR) is 234 cm³/mol. The molecule has 0 spiro atoms. The number of pyridine rings is 1. The van der Waals surface area contributed by atoms with Gasteiger partial charge in [-0.2, -0.15) is 0 Å². The van der Waals surface area contributed by atoms with Crippen molar-refractivity contribution < 1.29 is 0 Å². The fourth-order valence-corrected chi connectivity index (χ4v) is 8.13. The van der Waals surface area contributed by atoms with Gasteiger partial charge in [0.05, 0.1) is 22.2 Å². The Labute approximate surface area is 329 Å². The molecule has 0 radical (unpaired) electrons. The van der Waals surface area contributed by atoms with E-state index in [-0.39, 0.29) is 0 Å². The van der Waals surface area contributed by atoms with E-state index in [1.54, 1.807) is 0 Å². The van der Waals surface area contributed by atoms with Crippen molar-refractivity contribution in [3.8, 4) is 62.2 Å². The van der Waals surface area contributed by atoms with Crippen LogP contribution in [0.4, 0.5) is 0 Å². The fraction of sp³-hybridized carbons (Fsp3) is 0. The van der Waals surface area contributed by atoms with Crippen LogP contribution in [0.15, 0.2) is 200 Å². The van der Waals surface area contributed by atoms with E-state index in [4.69, 9.17) is 19.9 Å². The zero-order valence-corrected chi connectivity index (χ0v) is 30.8. The van der Waals surface area contributed by atoms with Gasteiger partial charge in [0, 0.05) is 54.9 Å². The average molecular weight is 728 g/mol. The summed E-state index contributed by atoms with van der Waals surface area (Å²) in [6.45, 7) is 0. The molecular weight excluding hydrogens is 695 g/mol. The van der Waals surface area contributed by atoms with Gasteiger partial charge in [-0.05, 0) is 35.4 Å². The van der Waals surface area contributed by atoms with Gasteiger partial charge >= 0.3 is 0 Å². The number of rotatable bonds is 6. The van der Waals surface area contributed by atoms with E-state index in [1.807, 2.05) is 36.4 Å². The lowest BCUT2D eigenvalue weighted by Gasteiger charge is -2.14. The minimum atomic E-state index is 0.614. The summed E-state index contributed by atoms with van der Waals surface area (Å²) in [5.74, 6) is 1.87. The molecule has 0 N–H and O–H groups in total. The highest BCUT2D eigenvalue weighted by molar-refractivity contribution is 6.26. The summed E-state index contributed by atoms with van der Waals surface area (Å²) < 4.78 is 2.41. The van der Waals surface area contributed by atoms with Crippen LogP contribution >= 0.6 is 0 Å². The van der Waals surface area contributed by atoms with Crippen LogP contribution in [-0.2, 0) is 0 Å². The number of fused-ring (bicyclic) bond motifs is 7. The van der Waals surface area contributed by atoms with Gasteiger partial charge in [0.25, 0.3) is 0 Å². The second-order valence-electron chi connectivity index (χ2n) is 14.2. The highest BCUT2D eigenvalue weighted by Gasteiger charge is 2.20. The Hall–Kier alpha value is -7.76. The zero-order valence-electron chi connectivity index (χ0n) is 30.8. The lowest BCUT2D eigenvalue weighted by Crippen LogP contribution is -2.00. The van der Waals surface area contributed by atoms with Crippen LogP contribution < -0.4 is 0 Å². The smallest absolute Gasteiger partial charge is 0.164 e. The van der Waals surface area contributed by atoms with Gasteiger partial charge < -0.3 is 4.57 Å². The highest BCUT2D eigenvalue weighted by Crippen LogP contribution is 2.42. The Morgan fingerprint density at radius 3 is 1.40 bits per heavy atom. The second kappa shape index (κ2) is 13.5. The lowest BCUT2D eigenvalue weighted by molar-refractivity contribution is 1.07. The van der Waals surface area contributed by atoms with E-state index in [0.29, 0.717) is 17.5 Å². The molecule has 0 fully saturated rings. The van der Waals surface area contributed by atoms with Gasteiger partial charge in [0.15, 0.2) is 17.5 Å². The maximum atomic E-state index is 5.33. The minimum Gasteiger partial charge on any atom is -0.309 e. The van der Waals surface area contributed by atoms with Gasteiger partial charge in [-0.3, -0.25) is 0 Å². The fourth-order valence-electron chi connectivity index (χ4n) is 8.13. The van der Waals surface area contributed by atoms with Crippen LogP contribution in [0.2, 0.25) is 0 Å².